The number of benzene rings is 1. The molecule has 4 N–H and O–H groups in total. The highest BCUT2D eigenvalue weighted by Gasteiger charge is 2.05. The SMILES string of the molecule is CCNC(=O)CNc1nc2ccc(N)cc2s1. The molecule has 0 aliphatic carbocycles. The van der Waals surface area contributed by atoms with Crippen LogP contribution in [-0.2, 0) is 4.79 Å². The number of amides is 1. The Bertz CT molecular complexity index is 537. The molecule has 0 aliphatic rings. The predicted molar refractivity (Wildman–Crippen MR) is 71.2 cm³/mol. The van der Waals surface area contributed by atoms with Crippen molar-refractivity contribution in [2.75, 3.05) is 24.1 Å². The molecule has 0 spiro atoms. The second kappa shape index (κ2) is 5.01. The molecule has 1 amide bonds. The van der Waals surface area contributed by atoms with E-state index in [1.165, 1.54) is 11.3 Å². The van der Waals surface area contributed by atoms with Crippen LogP contribution in [0.2, 0.25) is 0 Å². The molecule has 1 aromatic heterocycles. The molecule has 0 fully saturated rings. The summed E-state index contributed by atoms with van der Waals surface area (Å²) in [6.07, 6.45) is 0. The summed E-state index contributed by atoms with van der Waals surface area (Å²) in [5.74, 6) is -0.0359. The van der Waals surface area contributed by atoms with Gasteiger partial charge in [0.05, 0.1) is 16.8 Å². The van der Waals surface area contributed by atoms with E-state index in [2.05, 4.69) is 15.6 Å². The van der Waals surface area contributed by atoms with E-state index in [-0.39, 0.29) is 12.5 Å². The summed E-state index contributed by atoms with van der Waals surface area (Å²) in [6.45, 7) is 2.76. The molecule has 0 atom stereocenters. The molecule has 0 saturated heterocycles. The Morgan fingerprint density at radius 1 is 1.53 bits per heavy atom. The minimum Gasteiger partial charge on any atom is -0.399 e. The van der Waals surface area contributed by atoms with Crippen LogP contribution < -0.4 is 16.4 Å². The number of anilines is 2. The number of carbonyl (C=O) groups excluding carboxylic acids is 1. The quantitative estimate of drug-likeness (QED) is 0.717. The van der Waals surface area contributed by atoms with Crippen LogP contribution in [0.1, 0.15) is 6.92 Å². The number of aromatic nitrogens is 1. The van der Waals surface area contributed by atoms with E-state index in [1.54, 1.807) is 0 Å². The largest absolute Gasteiger partial charge is 0.399 e. The highest BCUT2D eigenvalue weighted by Crippen LogP contribution is 2.27. The van der Waals surface area contributed by atoms with Crippen molar-refractivity contribution >= 4 is 38.3 Å². The molecule has 0 aliphatic heterocycles. The summed E-state index contributed by atoms with van der Waals surface area (Å²) in [4.78, 5) is 15.6. The zero-order chi connectivity index (χ0) is 12.3. The lowest BCUT2D eigenvalue weighted by atomic mass is 10.3. The number of nitrogens with zero attached hydrogens (tertiary/aromatic N) is 1. The van der Waals surface area contributed by atoms with E-state index in [0.717, 1.165) is 21.0 Å². The number of nitrogen functional groups attached to an aromatic ring is 1. The number of hydrogen-bond acceptors (Lipinski definition) is 5. The number of hydrogen-bond donors (Lipinski definition) is 3. The standard InChI is InChI=1S/C11H14N4OS/c1-2-13-10(16)6-14-11-15-8-4-3-7(12)5-9(8)17-11/h3-5H,2,6,12H2,1H3,(H,13,16)(H,14,15). The second-order valence-corrected chi connectivity index (χ2v) is 4.58. The molecular weight excluding hydrogens is 236 g/mol. The lowest BCUT2D eigenvalue weighted by Crippen LogP contribution is -2.29. The van der Waals surface area contributed by atoms with E-state index in [0.29, 0.717) is 6.54 Å². The van der Waals surface area contributed by atoms with Gasteiger partial charge in [0.2, 0.25) is 5.91 Å². The number of carbonyl (C=O) groups is 1. The average Bonchev–Trinajstić information content (AvgIpc) is 2.68. The summed E-state index contributed by atoms with van der Waals surface area (Å²) in [5.41, 5.74) is 7.30. The maximum atomic E-state index is 11.3. The smallest absolute Gasteiger partial charge is 0.239 e. The van der Waals surface area contributed by atoms with Crippen molar-refractivity contribution < 1.29 is 4.79 Å². The third kappa shape index (κ3) is 2.85. The molecule has 0 saturated carbocycles. The van der Waals surface area contributed by atoms with Crippen LogP contribution in [0.4, 0.5) is 10.8 Å². The van der Waals surface area contributed by atoms with Crippen molar-refractivity contribution in [1.82, 2.24) is 10.3 Å². The zero-order valence-electron chi connectivity index (χ0n) is 9.49. The van der Waals surface area contributed by atoms with Crippen molar-refractivity contribution in [3.05, 3.63) is 18.2 Å². The molecule has 1 heterocycles. The summed E-state index contributed by atoms with van der Waals surface area (Å²) in [5, 5.41) is 6.44. The molecule has 0 bridgehead atoms. The fourth-order valence-electron chi connectivity index (χ4n) is 1.43. The maximum Gasteiger partial charge on any atom is 0.239 e. The Kier molecular flexibility index (Phi) is 3.43. The molecule has 0 radical (unpaired) electrons. The van der Waals surface area contributed by atoms with Crippen molar-refractivity contribution in [3.63, 3.8) is 0 Å². The Morgan fingerprint density at radius 2 is 2.35 bits per heavy atom. The van der Waals surface area contributed by atoms with Gasteiger partial charge in [-0.15, -0.1) is 0 Å². The van der Waals surface area contributed by atoms with Gasteiger partial charge in [-0.2, -0.15) is 0 Å². The topological polar surface area (TPSA) is 80.0 Å². The normalized spacial score (nSPS) is 10.4. The molecule has 0 unspecified atom stereocenters. The summed E-state index contributed by atoms with van der Waals surface area (Å²) >= 11 is 1.49. The zero-order valence-corrected chi connectivity index (χ0v) is 10.3. The fraction of sp³-hybridized carbons (Fsp3) is 0.273. The van der Waals surface area contributed by atoms with Gasteiger partial charge in [0.15, 0.2) is 5.13 Å². The lowest BCUT2D eigenvalue weighted by Gasteiger charge is -2.01. The molecule has 5 nitrogen and oxygen atoms in total. The predicted octanol–water partition coefficient (Wildman–Crippen LogP) is 1.43. The highest BCUT2D eigenvalue weighted by molar-refractivity contribution is 7.22. The lowest BCUT2D eigenvalue weighted by molar-refractivity contribution is -0.119. The number of likely N-dealkylation sites (N-methyl/N-ethyl adjacent to an activating group) is 1. The number of nitrogens with one attached hydrogen (secondary N) is 2. The van der Waals surface area contributed by atoms with Crippen molar-refractivity contribution in [2.45, 2.75) is 6.92 Å². The molecule has 90 valence electrons. The summed E-state index contributed by atoms with van der Waals surface area (Å²) in [6, 6.07) is 5.57. The first-order valence-corrected chi connectivity index (χ1v) is 6.17. The van der Waals surface area contributed by atoms with Crippen molar-refractivity contribution in [2.24, 2.45) is 0 Å². The van der Waals surface area contributed by atoms with Gasteiger partial charge in [-0.25, -0.2) is 4.98 Å². The minimum absolute atomic E-state index is 0.0359. The number of nitrogens with two attached hydrogens (primary N) is 1. The van der Waals surface area contributed by atoms with Gasteiger partial charge >= 0.3 is 0 Å². The first kappa shape index (κ1) is 11.7. The molecule has 6 heteroatoms. The second-order valence-electron chi connectivity index (χ2n) is 3.55. The minimum atomic E-state index is -0.0359. The van der Waals surface area contributed by atoms with Crippen LogP contribution in [-0.4, -0.2) is 24.0 Å². The van der Waals surface area contributed by atoms with Gasteiger partial charge in [-0.3, -0.25) is 4.79 Å². The van der Waals surface area contributed by atoms with E-state index in [1.807, 2.05) is 25.1 Å². The Labute approximate surface area is 103 Å². The van der Waals surface area contributed by atoms with Crippen LogP contribution in [0.25, 0.3) is 10.2 Å². The average molecular weight is 250 g/mol. The Balaban J connectivity index is 2.07. The van der Waals surface area contributed by atoms with Crippen molar-refractivity contribution in [3.8, 4) is 0 Å². The van der Waals surface area contributed by atoms with E-state index in [4.69, 9.17) is 5.73 Å². The van der Waals surface area contributed by atoms with Crippen molar-refractivity contribution in [1.29, 1.82) is 0 Å². The first-order valence-electron chi connectivity index (χ1n) is 5.35. The van der Waals surface area contributed by atoms with E-state index >= 15 is 0 Å². The molecule has 17 heavy (non-hydrogen) atoms. The first-order chi connectivity index (χ1) is 8.19. The maximum absolute atomic E-state index is 11.3. The number of fused-ring (bicyclic) bond motifs is 1. The van der Waals surface area contributed by atoms with Crippen LogP contribution in [0.5, 0.6) is 0 Å². The van der Waals surface area contributed by atoms with Crippen LogP contribution in [0.3, 0.4) is 0 Å². The molecule has 2 rings (SSSR count). The van der Waals surface area contributed by atoms with Crippen LogP contribution >= 0.6 is 11.3 Å². The molecular formula is C11H14N4OS. The Hall–Kier alpha value is -1.82. The molecule has 2 aromatic rings. The van der Waals surface area contributed by atoms with E-state index in [9.17, 15) is 4.79 Å². The summed E-state index contributed by atoms with van der Waals surface area (Å²) < 4.78 is 1.02. The fourth-order valence-corrected chi connectivity index (χ4v) is 2.34. The van der Waals surface area contributed by atoms with Gasteiger partial charge < -0.3 is 16.4 Å². The van der Waals surface area contributed by atoms with Gasteiger partial charge in [-0.1, -0.05) is 11.3 Å². The summed E-state index contributed by atoms with van der Waals surface area (Å²) in [7, 11) is 0. The monoisotopic (exact) mass is 250 g/mol. The van der Waals surface area contributed by atoms with Gasteiger partial charge in [0.1, 0.15) is 0 Å². The molecule has 1 aromatic carbocycles. The highest BCUT2D eigenvalue weighted by atomic mass is 32.1. The van der Waals surface area contributed by atoms with Gasteiger partial charge in [0.25, 0.3) is 0 Å². The third-order valence-corrected chi connectivity index (χ3v) is 3.16. The van der Waals surface area contributed by atoms with Crippen LogP contribution in [0.15, 0.2) is 18.2 Å². The number of thiazole rings is 1. The third-order valence-electron chi connectivity index (χ3n) is 2.19. The van der Waals surface area contributed by atoms with Gasteiger partial charge in [-0.05, 0) is 25.1 Å². The Morgan fingerprint density at radius 3 is 3.12 bits per heavy atom. The van der Waals surface area contributed by atoms with Crippen LogP contribution in [0, 0.1) is 0 Å². The number of rotatable bonds is 4. The van der Waals surface area contributed by atoms with Gasteiger partial charge in [0, 0.05) is 12.2 Å². The van der Waals surface area contributed by atoms with E-state index < -0.39 is 0 Å².